The van der Waals surface area contributed by atoms with Crippen molar-refractivity contribution in [3.63, 3.8) is 0 Å². The molecule has 3 rings (SSSR count). The summed E-state index contributed by atoms with van der Waals surface area (Å²) in [5, 5.41) is 13.8. The molecule has 6 nitrogen and oxygen atoms in total. The molecule has 0 spiro atoms. The minimum Gasteiger partial charge on any atom is -0.507 e. The molecule has 4 N–H and O–H groups in total. The third-order valence-corrected chi connectivity index (χ3v) is 5.41. The number of phenols is 1. The molecule has 0 aliphatic carbocycles. The van der Waals surface area contributed by atoms with Gasteiger partial charge >= 0.3 is 0 Å². The quantitative estimate of drug-likeness (QED) is 0.590. The van der Waals surface area contributed by atoms with E-state index in [9.17, 15) is 5.11 Å². The molecule has 29 heavy (non-hydrogen) atoms. The second kappa shape index (κ2) is 9.96. The molecule has 158 valence electrons. The standard InChI is InChI=1S/C23H33N3O3/c1-16(2)19-14-20(21(27)15-22(19)28-3)23(24)25-18-6-4-5-17(13-18)7-8-26-9-11-29-12-10-26/h4-6,13-16,23,25,27H,7-12,24H2,1-3H3. The van der Waals surface area contributed by atoms with Gasteiger partial charge in [-0.2, -0.15) is 0 Å². The Morgan fingerprint density at radius 3 is 2.62 bits per heavy atom. The fraction of sp³-hybridized carbons (Fsp3) is 0.478. The van der Waals surface area contributed by atoms with E-state index in [-0.39, 0.29) is 11.7 Å². The van der Waals surface area contributed by atoms with Gasteiger partial charge in [0, 0.05) is 37.0 Å². The smallest absolute Gasteiger partial charge is 0.126 e. The van der Waals surface area contributed by atoms with Crippen LogP contribution in [0.3, 0.4) is 0 Å². The zero-order chi connectivity index (χ0) is 20.8. The predicted octanol–water partition coefficient (Wildman–Crippen LogP) is 3.47. The topological polar surface area (TPSA) is 80.0 Å². The van der Waals surface area contributed by atoms with E-state index >= 15 is 0 Å². The summed E-state index contributed by atoms with van der Waals surface area (Å²) in [6.07, 6.45) is 0.462. The number of morpholine rings is 1. The van der Waals surface area contributed by atoms with Crippen LogP contribution in [0, 0.1) is 0 Å². The first kappa shape index (κ1) is 21.4. The minimum atomic E-state index is -0.520. The Kier molecular flexibility index (Phi) is 7.36. The molecule has 1 aliphatic rings. The lowest BCUT2D eigenvalue weighted by Gasteiger charge is -2.26. The van der Waals surface area contributed by atoms with Crippen molar-refractivity contribution in [1.29, 1.82) is 0 Å². The van der Waals surface area contributed by atoms with E-state index in [4.69, 9.17) is 15.2 Å². The van der Waals surface area contributed by atoms with Crippen LogP contribution in [0.4, 0.5) is 5.69 Å². The Morgan fingerprint density at radius 2 is 1.93 bits per heavy atom. The average molecular weight is 400 g/mol. The number of nitrogens with two attached hydrogens (primary N) is 1. The van der Waals surface area contributed by atoms with Crippen LogP contribution in [0.5, 0.6) is 11.5 Å². The normalized spacial score (nSPS) is 16.0. The number of hydrogen-bond acceptors (Lipinski definition) is 6. The highest BCUT2D eigenvalue weighted by molar-refractivity contribution is 5.52. The van der Waals surface area contributed by atoms with Gasteiger partial charge in [0.1, 0.15) is 17.7 Å². The number of nitrogens with one attached hydrogen (secondary N) is 1. The predicted molar refractivity (Wildman–Crippen MR) is 117 cm³/mol. The van der Waals surface area contributed by atoms with Crippen molar-refractivity contribution >= 4 is 5.69 Å². The first-order chi connectivity index (χ1) is 14.0. The van der Waals surface area contributed by atoms with Gasteiger partial charge in [0.05, 0.1) is 20.3 Å². The monoisotopic (exact) mass is 399 g/mol. The molecule has 0 amide bonds. The molecule has 2 aromatic carbocycles. The van der Waals surface area contributed by atoms with E-state index in [2.05, 4.69) is 36.2 Å². The minimum absolute atomic E-state index is 0.134. The van der Waals surface area contributed by atoms with Gasteiger partial charge in [-0.25, -0.2) is 0 Å². The number of aromatic hydroxyl groups is 1. The van der Waals surface area contributed by atoms with Crippen LogP contribution < -0.4 is 15.8 Å². The zero-order valence-electron chi connectivity index (χ0n) is 17.6. The molecule has 6 heteroatoms. The molecule has 1 unspecified atom stereocenters. The summed E-state index contributed by atoms with van der Waals surface area (Å²) >= 11 is 0. The summed E-state index contributed by atoms with van der Waals surface area (Å²) < 4.78 is 10.8. The molecule has 1 fully saturated rings. The second-order valence-electron chi connectivity index (χ2n) is 7.83. The van der Waals surface area contributed by atoms with Crippen molar-refractivity contribution in [2.45, 2.75) is 32.4 Å². The summed E-state index contributed by atoms with van der Waals surface area (Å²) in [6, 6.07) is 11.9. The van der Waals surface area contributed by atoms with E-state index in [1.807, 2.05) is 18.2 Å². The highest BCUT2D eigenvalue weighted by Crippen LogP contribution is 2.35. The van der Waals surface area contributed by atoms with Crippen molar-refractivity contribution in [2.24, 2.45) is 5.73 Å². The molecule has 1 aliphatic heterocycles. The van der Waals surface area contributed by atoms with Gasteiger partial charge in [-0.1, -0.05) is 26.0 Å². The molecule has 0 bridgehead atoms. The maximum absolute atomic E-state index is 10.4. The molecule has 0 saturated carbocycles. The fourth-order valence-electron chi connectivity index (χ4n) is 3.67. The van der Waals surface area contributed by atoms with Crippen LogP contribution in [-0.2, 0) is 11.2 Å². The maximum Gasteiger partial charge on any atom is 0.126 e. The highest BCUT2D eigenvalue weighted by Gasteiger charge is 2.17. The van der Waals surface area contributed by atoms with Crippen molar-refractivity contribution in [1.82, 2.24) is 4.90 Å². The maximum atomic E-state index is 10.4. The van der Waals surface area contributed by atoms with E-state index in [1.165, 1.54) is 5.56 Å². The van der Waals surface area contributed by atoms with Crippen molar-refractivity contribution < 1.29 is 14.6 Å². The van der Waals surface area contributed by atoms with Crippen LogP contribution in [0.1, 0.15) is 42.6 Å². The van der Waals surface area contributed by atoms with Gasteiger partial charge in [-0.05, 0) is 41.7 Å². The van der Waals surface area contributed by atoms with E-state index in [0.29, 0.717) is 11.3 Å². The van der Waals surface area contributed by atoms with Crippen LogP contribution in [-0.4, -0.2) is 50.0 Å². The van der Waals surface area contributed by atoms with E-state index in [1.54, 1.807) is 13.2 Å². The second-order valence-corrected chi connectivity index (χ2v) is 7.83. The molecular weight excluding hydrogens is 366 g/mol. The summed E-state index contributed by atoms with van der Waals surface area (Å²) in [5.41, 5.74) is 10.3. The number of methoxy groups -OCH3 is 1. The summed E-state index contributed by atoms with van der Waals surface area (Å²) in [6.45, 7) is 8.84. The molecule has 1 saturated heterocycles. The van der Waals surface area contributed by atoms with Crippen LogP contribution in [0.2, 0.25) is 0 Å². The average Bonchev–Trinajstić information content (AvgIpc) is 2.72. The zero-order valence-corrected chi connectivity index (χ0v) is 17.6. The van der Waals surface area contributed by atoms with Gasteiger partial charge in [0.25, 0.3) is 0 Å². The number of nitrogens with zero attached hydrogens (tertiary/aromatic N) is 1. The van der Waals surface area contributed by atoms with Gasteiger partial charge < -0.3 is 25.6 Å². The highest BCUT2D eigenvalue weighted by atomic mass is 16.5. The number of hydrogen-bond donors (Lipinski definition) is 3. The number of ether oxygens (including phenoxy) is 2. The lowest BCUT2D eigenvalue weighted by molar-refractivity contribution is 0.0384. The SMILES string of the molecule is COc1cc(O)c(C(N)Nc2cccc(CCN3CCOCC3)c2)cc1C(C)C. The van der Waals surface area contributed by atoms with Crippen LogP contribution in [0.25, 0.3) is 0 Å². The van der Waals surface area contributed by atoms with E-state index < -0.39 is 6.17 Å². The van der Waals surface area contributed by atoms with Crippen LogP contribution in [0.15, 0.2) is 36.4 Å². The van der Waals surface area contributed by atoms with E-state index in [0.717, 1.165) is 50.5 Å². The fourth-order valence-corrected chi connectivity index (χ4v) is 3.67. The Labute approximate surface area is 173 Å². The largest absolute Gasteiger partial charge is 0.507 e. The number of benzene rings is 2. The molecule has 1 atom stereocenters. The van der Waals surface area contributed by atoms with Gasteiger partial charge in [0.2, 0.25) is 0 Å². The lowest BCUT2D eigenvalue weighted by atomic mass is 9.97. The Bertz CT molecular complexity index is 804. The van der Waals surface area contributed by atoms with Gasteiger partial charge in [0.15, 0.2) is 0 Å². The third kappa shape index (κ3) is 5.63. The third-order valence-electron chi connectivity index (χ3n) is 5.41. The summed E-state index contributed by atoms with van der Waals surface area (Å²) in [7, 11) is 1.61. The number of anilines is 1. The Hall–Kier alpha value is -2.28. The summed E-state index contributed by atoms with van der Waals surface area (Å²) in [5.74, 6) is 1.08. The lowest BCUT2D eigenvalue weighted by Crippen LogP contribution is -2.37. The Morgan fingerprint density at radius 1 is 1.17 bits per heavy atom. The molecule has 0 aromatic heterocycles. The molecule has 0 radical (unpaired) electrons. The van der Waals surface area contributed by atoms with Gasteiger partial charge in [-0.15, -0.1) is 0 Å². The van der Waals surface area contributed by atoms with Crippen LogP contribution >= 0.6 is 0 Å². The number of phenolic OH excluding ortho intramolecular Hbond substituents is 1. The first-order valence-electron chi connectivity index (χ1n) is 10.3. The molecule has 2 aromatic rings. The van der Waals surface area contributed by atoms with Gasteiger partial charge in [-0.3, -0.25) is 4.90 Å². The van der Waals surface area contributed by atoms with Crippen molar-refractivity contribution in [2.75, 3.05) is 45.3 Å². The molecule has 1 heterocycles. The first-order valence-corrected chi connectivity index (χ1v) is 10.3. The Balaban J connectivity index is 1.68. The van der Waals surface area contributed by atoms with Crippen molar-refractivity contribution in [3.05, 3.63) is 53.1 Å². The molecular formula is C23H33N3O3. The number of rotatable bonds is 8. The van der Waals surface area contributed by atoms with Crippen molar-refractivity contribution in [3.8, 4) is 11.5 Å². The summed E-state index contributed by atoms with van der Waals surface area (Å²) in [4.78, 5) is 2.43.